The van der Waals surface area contributed by atoms with E-state index in [2.05, 4.69) is 179 Å². The molecule has 0 aliphatic heterocycles. The van der Waals surface area contributed by atoms with E-state index in [1.807, 2.05) is 50.2 Å². The van der Waals surface area contributed by atoms with E-state index in [1.165, 1.54) is 54.9 Å². The van der Waals surface area contributed by atoms with Gasteiger partial charge in [-0.3, -0.25) is 0 Å². The lowest BCUT2D eigenvalue weighted by atomic mass is 10.0. The van der Waals surface area contributed by atoms with Gasteiger partial charge in [0, 0.05) is 49.6 Å². The SMILES string of the molecule is CC.c1ccc(-c2cc(-c3ccccc3)nc(-c3ccc(-n4c5ccccc5c5cc(-c6ccc7c(c6)c6ccccc6n7-c6ccccc6)ccc54)cc3)n2)cc1. The topological polar surface area (TPSA) is 35.6 Å². The fraction of sp³-hybridized carbons (Fsp3) is 0.0370. The highest BCUT2D eigenvalue weighted by Gasteiger charge is 2.17. The minimum absolute atomic E-state index is 0.701. The Bertz CT molecular complexity index is 3160. The molecule has 0 fully saturated rings. The second-order valence-electron chi connectivity index (χ2n) is 14.2. The quantitative estimate of drug-likeness (QED) is 0.170. The van der Waals surface area contributed by atoms with Gasteiger partial charge in [-0.05, 0) is 90.0 Å². The van der Waals surface area contributed by atoms with E-state index in [-0.39, 0.29) is 0 Å². The Morgan fingerprint density at radius 1 is 0.293 bits per heavy atom. The zero-order valence-electron chi connectivity index (χ0n) is 32.4. The predicted molar refractivity (Wildman–Crippen MR) is 244 cm³/mol. The number of aromatic nitrogens is 4. The van der Waals surface area contributed by atoms with Crippen LogP contribution >= 0.6 is 0 Å². The predicted octanol–water partition coefficient (Wildman–Crippen LogP) is 14.4. The van der Waals surface area contributed by atoms with Crippen LogP contribution in [0.3, 0.4) is 0 Å². The van der Waals surface area contributed by atoms with Crippen LogP contribution in [-0.2, 0) is 0 Å². The molecule has 3 heterocycles. The fourth-order valence-corrected chi connectivity index (χ4v) is 8.29. The first-order valence-electron chi connectivity index (χ1n) is 20.0. The molecule has 0 radical (unpaired) electrons. The van der Waals surface area contributed by atoms with E-state index in [1.54, 1.807) is 0 Å². The Hall–Kier alpha value is -7.56. The highest BCUT2D eigenvalue weighted by atomic mass is 15.0. The zero-order chi connectivity index (χ0) is 39.0. The Morgan fingerprint density at radius 3 is 1.16 bits per heavy atom. The smallest absolute Gasteiger partial charge is 0.160 e. The van der Waals surface area contributed by atoms with Gasteiger partial charge in [-0.1, -0.05) is 141 Å². The molecular weight excluding hydrogens is 705 g/mol. The second kappa shape index (κ2) is 14.8. The number of hydrogen-bond acceptors (Lipinski definition) is 2. The molecule has 0 spiro atoms. The van der Waals surface area contributed by atoms with Gasteiger partial charge in [0.2, 0.25) is 0 Å². The molecule has 0 saturated carbocycles. The Balaban J connectivity index is 0.00000201. The lowest BCUT2D eigenvalue weighted by molar-refractivity contribution is 1.16. The summed E-state index contributed by atoms with van der Waals surface area (Å²) < 4.78 is 4.73. The Labute approximate surface area is 338 Å². The van der Waals surface area contributed by atoms with Gasteiger partial charge in [-0.15, -0.1) is 0 Å². The number of rotatable bonds is 6. The average molecular weight is 745 g/mol. The van der Waals surface area contributed by atoms with Crippen molar-refractivity contribution in [3.63, 3.8) is 0 Å². The maximum Gasteiger partial charge on any atom is 0.160 e. The van der Waals surface area contributed by atoms with Crippen LogP contribution in [0.4, 0.5) is 0 Å². The Kier molecular flexibility index (Phi) is 8.92. The molecule has 0 saturated heterocycles. The van der Waals surface area contributed by atoms with Crippen molar-refractivity contribution in [3.05, 3.63) is 206 Å². The highest BCUT2D eigenvalue weighted by molar-refractivity contribution is 6.12. The molecule has 0 N–H and O–H groups in total. The monoisotopic (exact) mass is 744 g/mol. The Morgan fingerprint density at radius 2 is 0.672 bits per heavy atom. The van der Waals surface area contributed by atoms with Gasteiger partial charge in [0.1, 0.15) is 0 Å². The van der Waals surface area contributed by atoms with Gasteiger partial charge in [0.25, 0.3) is 0 Å². The molecule has 3 aromatic heterocycles. The molecule has 0 bridgehead atoms. The van der Waals surface area contributed by atoms with Crippen molar-refractivity contribution < 1.29 is 0 Å². The van der Waals surface area contributed by atoms with Crippen molar-refractivity contribution in [1.29, 1.82) is 0 Å². The lowest BCUT2D eigenvalue weighted by Crippen LogP contribution is -1.97. The molecule has 276 valence electrons. The van der Waals surface area contributed by atoms with Crippen LogP contribution in [0.15, 0.2) is 206 Å². The first kappa shape index (κ1) is 34.9. The van der Waals surface area contributed by atoms with Crippen LogP contribution in [0.25, 0.3) is 100 Å². The number of para-hydroxylation sites is 3. The summed E-state index contributed by atoms with van der Waals surface area (Å²) in [6, 6.07) is 73.2. The van der Waals surface area contributed by atoms with Gasteiger partial charge in [-0.2, -0.15) is 0 Å². The number of hydrogen-bond donors (Lipinski definition) is 0. The van der Waals surface area contributed by atoms with Crippen LogP contribution in [-0.4, -0.2) is 19.1 Å². The molecule has 0 aliphatic carbocycles. The van der Waals surface area contributed by atoms with Gasteiger partial charge in [0.15, 0.2) is 5.82 Å². The van der Waals surface area contributed by atoms with E-state index >= 15 is 0 Å². The summed E-state index contributed by atoms with van der Waals surface area (Å²) in [6.45, 7) is 4.00. The van der Waals surface area contributed by atoms with Crippen LogP contribution in [0.5, 0.6) is 0 Å². The van der Waals surface area contributed by atoms with E-state index in [0.717, 1.165) is 39.3 Å². The van der Waals surface area contributed by atoms with E-state index in [9.17, 15) is 0 Å². The maximum absolute atomic E-state index is 5.06. The fourth-order valence-electron chi connectivity index (χ4n) is 8.29. The van der Waals surface area contributed by atoms with Crippen molar-refractivity contribution in [3.8, 4) is 56.4 Å². The molecule has 0 unspecified atom stereocenters. The van der Waals surface area contributed by atoms with Crippen molar-refractivity contribution in [2.45, 2.75) is 13.8 Å². The first-order valence-corrected chi connectivity index (χ1v) is 20.0. The molecule has 4 nitrogen and oxygen atoms in total. The number of fused-ring (bicyclic) bond motifs is 6. The van der Waals surface area contributed by atoms with E-state index in [0.29, 0.717) is 5.82 Å². The average Bonchev–Trinajstić information content (AvgIpc) is 3.83. The molecule has 11 aromatic rings. The largest absolute Gasteiger partial charge is 0.309 e. The molecule has 11 rings (SSSR count). The summed E-state index contributed by atoms with van der Waals surface area (Å²) in [6.07, 6.45) is 0. The highest BCUT2D eigenvalue weighted by Crippen LogP contribution is 2.38. The summed E-state index contributed by atoms with van der Waals surface area (Å²) in [5.41, 5.74) is 14.3. The third-order valence-corrected chi connectivity index (χ3v) is 10.9. The first-order chi connectivity index (χ1) is 28.8. The molecule has 0 atom stereocenters. The van der Waals surface area contributed by atoms with Crippen molar-refractivity contribution in [2.24, 2.45) is 0 Å². The standard InChI is InChI=1S/C52H34N4.C2H6/c1-4-14-35(15-5-1)46-34-47(36-16-6-2-7-17-36)54-52(53-46)37-24-28-41(29-25-37)56-49-23-13-11-21-43(49)45-33-39(27-31-51(45)56)38-26-30-50-44(32-38)42-20-10-12-22-48(42)55(50)40-18-8-3-9-19-40;1-2/h1-34H;1-2H3. The van der Waals surface area contributed by atoms with Crippen LogP contribution in [0, 0.1) is 0 Å². The van der Waals surface area contributed by atoms with E-state index < -0.39 is 0 Å². The van der Waals surface area contributed by atoms with Crippen LogP contribution in [0.1, 0.15) is 13.8 Å². The zero-order valence-corrected chi connectivity index (χ0v) is 32.4. The van der Waals surface area contributed by atoms with Crippen LogP contribution < -0.4 is 0 Å². The summed E-state index contributed by atoms with van der Waals surface area (Å²) in [7, 11) is 0. The molecular formula is C54H40N4. The summed E-state index contributed by atoms with van der Waals surface area (Å²) >= 11 is 0. The summed E-state index contributed by atoms with van der Waals surface area (Å²) in [5, 5.41) is 4.95. The minimum Gasteiger partial charge on any atom is -0.309 e. The molecule has 58 heavy (non-hydrogen) atoms. The summed E-state index contributed by atoms with van der Waals surface area (Å²) in [5.74, 6) is 0.701. The normalized spacial score (nSPS) is 11.3. The van der Waals surface area contributed by atoms with Gasteiger partial charge < -0.3 is 9.13 Å². The lowest BCUT2D eigenvalue weighted by Gasteiger charge is -2.11. The molecule has 0 amide bonds. The van der Waals surface area contributed by atoms with Crippen molar-refractivity contribution in [2.75, 3.05) is 0 Å². The molecule has 8 aromatic carbocycles. The maximum atomic E-state index is 5.06. The third-order valence-electron chi connectivity index (χ3n) is 10.9. The summed E-state index contributed by atoms with van der Waals surface area (Å²) in [4.78, 5) is 10.1. The van der Waals surface area contributed by atoms with Crippen molar-refractivity contribution in [1.82, 2.24) is 19.1 Å². The van der Waals surface area contributed by atoms with Gasteiger partial charge in [-0.25, -0.2) is 9.97 Å². The van der Waals surface area contributed by atoms with E-state index in [4.69, 9.17) is 9.97 Å². The molecule has 0 aliphatic rings. The minimum atomic E-state index is 0.701. The second-order valence-corrected chi connectivity index (χ2v) is 14.2. The molecule has 4 heteroatoms. The third kappa shape index (κ3) is 6.03. The number of benzene rings is 8. The van der Waals surface area contributed by atoms with Crippen LogP contribution in [0.2, 0.25) is 0 Å². The van der Waals surface area contributed by atoms with Crippen molar-refractivity contribution >= 4 is 43.6 Å². The van der Waals surface area contributed by atoms with Gasteiger partial charge in [0.05, 0.1) is 33.5 Å². The van der Waals surface area contributed by atoms with Gasteiger partial charge >= 0.3 is 0 Å². The number of nitrogens with zero attached hydrogens (tertiary/aromatic N) is 4.